The molecule has 0 saturated carbocycles. The molecule has 1 atom stereocenters. The molecule has 2 N–H and O–H groups in total. The van der Waals surface area contributed by atoms with E-state index in [1.54, 1.807) is 13.8 Å². The first-order chi connectivity index (χ1) is 11.6. The van der Waals surface area contributed by atoms with Crippen molar-refractivity contribution in [3.05, 3.63) is 35.6 Å². The van der Waals surface area contributed by atoms with Gasteiger partial charge in [0.05, 0.1) is 5.75 Å². The molecule has 0 aromatic heterocycles. The van der Waals surface area contributed by atoms with E-state index in [-0.39, 0.29) is 12.3 Å². The maximum Gasteiger partial charge on any atom is 0.265 e. The number of sulfonamides is 2. The van der Waals surface area contributed by atoms with Crippen LogP contribution in [-0.4, -0.2) is 38.8 Å². The molecule has 0 radical (unpaired) electrons. The second-order valence-corrected chi connectivity index (χ2v) is 11.2. The number of benzene rings is 1. The molecular weight excluding hydrogens is 383 g/mol. The van der Waals surface area contributed by atoms with E-state index < -0.39 is 47.9 Å². The van der Waals surface area contributed by atoms with Crippen LogP contribution in [0.3, 0.4) is 0 Å². The summed E-state index contributed by atoms with van der Waals surface area (Å²) in [6.45, 7) is 6.30. The zero-order valence-electron chi connectivity index (χ0n) is 15.1. The van der Waals surface area contributed by atoms with E-state index in [0.29, 0.717) is 5.56 Å². The van der Waals surface area contributed by atoms with Crippen molar-refractivity contribution in [1.82, 2.24) is 0 Å². The van der Waals surface area contributed by atoms with Crippen molar-refractivity contribution in [2.45, 2.75) is 50.4 Å². The van der Waals surface area contributed by atoms with Gasteiger partial charge in [0, 0.05) is 12.3 Å². The zero-order valence-corrected chi connectivity index (χ0v) is 16.7. The van der Waals surface area contributed by atoms with E-state index in [2.05, 4.69) is 4.40 Å². The highest BCUT2D eigenvalue weighted by Crippen LogP contribution is 2.39. The highest BCUT2D eigenvalue weighted by Gasteiger charge is 2.53. The molecule has 0 bridgehead atoms. The number of ether oxygens (including phenoxy) is 1. The molecule has 1 aromatic carbocycles. The summed E-state index contributed by atoms with van der Waals surface area (Å²) in [4.78, 5) is 0. The monoisotopic (exact) mass is 406 g/mol. The van der Waals surface area contributed by atoms with Gasteiger partial charge in [0.1, 0.15) is 16.2 Å². The predicted molar refractivity (Wildman–Crippen MR) is 97.3 cm³/mol. The Hall–Kier alpha value is -1.52. The molecule has 1 aliphatic heterocycles. The normalized spacial score (nSPS) is 22.2. The van der Waals surface area contributed by atoms with Crippen molar-refractivity contribution in [3.63, 3.8) is 0 Å². The van der Waals surface area contributed by atoms with Crippen LogP contribution in [0.25, 0.3) is 0 Å². The Morgan fingerprint density at radius 2 is 1.73 bits per heavy atom. The lowest BCUT2D eigenvalue weighted by atomic mass is 9.92. The Labute approximate surface area is 153 Å². The van der Waals surface area contributed by atoms with Gasteiger partial charge in [-0.3, -0.25) is 0 Å². The van der Waals surface area contributed by atoms with Crippen molar-refractivity contribution in [2.75, 3.05) is 5.75 Å². The molecule has 0 unspecified atom stereocenters. The topological polar surface area (TPSA) is 116 Å². The molecule has 0 aliphatic carbocycles. The Morgan fingerprint density at radius 3 is 2.19 bits per heavy atom. The number of nitrogens with zero attached hydrogens (tertiary/aromatic N) is 1. The van der Waals surface area contributed by atoms with Crippen LogP contribution in [0.5, 0.6) is 0 Å². The summed E-state index contributed by atoms with van der Waals surface area (Å²) < 4.78 is 69.6. The van der Waals surface area contributed by atoms with Gasteiger partial charge in [-0.05, 0) is 45.4 Å². The highest BCUT2D eigenvalue weighted by molar-refractivity contribution is 7.91. The van der Waals surface area contributed by atoms with Gasteiger partial charge in [0.2, 0.25) is 15.9 Å². The van der Waals surface area contributed by atoms with Gasteiger partial charge in [-0.2, -0.15) is 0 Å². The molecule has 7 nitrogen and oxygen atoms in total. The van der Waals surface area contributed by atoms with Gasteiger partial charge >= 0.3 is 0 Å². The lowest BCUT2D eigenvalue weighted by Crippen LogP contribution is -2.56. The molecular formula is C16H23FN2O5S2. The first-order valence-corrected chi connectivity index (χ1v) is 11.1. The summed E-state index contributed by atoms with van der Waals surface area (Å²) in [6, 6.07) is 5.24. The van der Waals surface area contributed by atoms with Gasteiger partial charge in [-0.1, -0.05) is 12.1 Å². The highest BCUT2D eigenvalue weighted by atomic mass is 32.2. The molecule has 1 heterocycles. The lowest BCUT2D eigenvalue weighted by molar-refractivity contribution is 0.0509. The third-order valence-electron chi connectivity index (χ3n) is 4.89. The van der Waals surface area contributed by atoms with Crippen molar-refractivity contribution >= 4 is 25.9 Å². The third-order valence-corrected chi connectivity index (χ3v) is 7.98. The van der Waals surface area contributed by atoms with Crippen LogP contribution in [0.4, 0.5) is 4.39 Å². The quantitative estimate of drug-likeness (QED) is 0.802. The lowest BCUT2D eigenvalue weighted by Gasteiger charge is -2.43. The van der Waals surface area contributed by atoms with Crippen LogP contribution >= 0.6 is 0 Å². The van der Waals surface area contributed by atoms with Gasteiger partial charge < -0.3 is 4.74 Å². The van der Waals surface area contributed by atoms with Crippen molar-refractivity contribution in [1.29, 1.82) is 0 Å². The smallest absolute Gasteiger partial charge is 0.265 e. The predicted octanol–water partition coefficient (Wildman–Crippen LogP) is 1.90. The van der Waals surface area contributed by atoms with Crippen LogP contribution in [0.2, 0.25) is 0 Å². The molecule has 0 amide bonds. The minimum atomic E-state index is -3.87. The summed E-state index contributed by atoms with van der Waals surface area (Å²) in [6.07, 6.45) is -0.0964. The molecule has 10 heteroatoms. The fourth-order valence-electron chi connectivity index (χ4n) is 2.57. The largest absolute Gasteiger partial charge is 0.472 e. The van der Waals surface area contributed by atoms with Gasteiger partial charge in [0.15, 0.2) is 0 Å². The molecule has 0 saturated heterocycles. The Balaban J connectivity index is 2.43. The first-order valence-electron chi connectivity index (χ1n) is 7.93. The summed E-state index contributed by atoms with van der Waals surface area (Å²) in [5, 5.41) is 5.16. The maximum absolute atomic E-state index is 13.2. The van der Waals surface area contributed by atoms with E-state index >= 15 is 0 Å². The Bertz CT molecular complexity index is 920. The van der Waals surface area contributed by atoms with E-state index in [4.69, 9.17) is 9.88 Å². The van der Waals surface area contributed by atoms with Crippen molar-refractivity contribution in [3.8, 4) is 0 Å². The summed E-state index contributed by atoms with van der Waals surface area (Å²) in [7, 11) is -7.74. The van der Waals surface area contributed by atoms with Gasteiger partial charge in [0.25, 0.3) is 10.0 Å². The van der Waals surface area contributed by atoms with Crippen LogP contribution in [0.15, 0.2) is 28.7 Å². The Kier molecular flexibility index (Phi) is 5.26. The summed E-state index contributed by atoms with van der Waals surface area (Å²) in [5.41, 5.74) is -0.579. The van der Waals surface area contributed by atoms with Crippen LogP contribution < -0.4 is 5.14 Å². The SMILES string of the molecule is CC1(C)OC(C[C@@H](CS(N)(=O)=O)c2ccc(F)cc2)=NS(=O)(=O)C1(C)C. The number of primary sulfonamides is 1. The molecule has 2 rings (SSSR count). The standard InChI is InChI=1S/C16H23FN2O5S2/c1-15(2)16(3,4)26(22,23)19-14(24-15)9-12(10-25(18,20)21)11-5-7-13(17)8-6-11/h5-8,12H,9-10H2,1-4H3,(H2,18,20,21)/t12-/m0/s1. The maximum atomic E-state index is 13.2. The molecule has 146 valence electrons. The molecule has 1 aromatic rings. The number of hydrogen-bond donors (Lipinski definition) is 1. The average Bonchev–Trinajstić information content (AvgIpc) is 2.43. The Morgan fingerprint density at radius 1 is 1.19 bits per heavy atom. The molecule has 0 spiro atoms. The average molecular weight is 407 g/mol. The van der Waals surface area contributed by atoms with Crippen molar-refractivity contribution < 1.29 is 26.0 Å². The minimum absolute atomic E-state index is 0.0905. The number of hydrogen-bond acceptors (Lipinski definition) is 5. The minimum Gasteiger partial charge on any atom is -0.472 e. The second-order valence-electron chi connectivity index (χ2n) is 7.36. The summed E-state index contributed by atoms with van der Waals surface area (Å²) in [5.74, 6) is -1.74. The van der Waals surface area contributed by atoms with Crippen LogP contribution in [-0.2, 0) is 24.8 Å². The molecule has 0 fully saturated rings. The number of rotatable bonds is 5. The van der Waals surface area contributed by atoms with Crippen LogP contribution in [0, 0.1) is 5.82 Å². The fraction of sp³-hybridized carbons (Fsp3) is 0.562. The van der Waals surface area contributed by atoms with Gasteiger partial charge in [-0.15, -0.1) is 4.40 Å². The number of nitrogens with two attached hydrogens (primary N) is 1. The summed E-state index contributed by atoms with van der Waals surface area (Å²) >= 11 is 0. The molecule has 1 aliphatic rings. The van der Waals surface area contributed by atoms with Crippen LogP contribution in [0.1, 0.15) is 45.6 Å². The first kappa shape index (κ1) is 20.8. The van der Waals surface area contributed by atoms with E-state index in [0.717, 1.165) is 0 Å². The number of halogens is 1. The van der Waals surface area contributed by atoms with Crippen molar-refractivity contribution in [2.24, 2.45) is 9.54 Å². The zero-order chi connectivity index (χ0) is 20.0. The fourth-order valence-corrected chi connectivity index (χ4v) is 4.72. The van der Waals surface area contributed by atoms with Gasteiger partial charge in [-0.25, -0.2) is 26.4 Å². The van der Waals surface area contributed by atoms with E-state index in [9.17, 15) is 21.2 Å². The second kappa shape index (κ2) is 6.58. The van der Waals surface area contributed by atoms with E-state index in [1.807, 2.05) is 0 Å². The molecule has 26 heavy (non-hydrogen) atoms. The van der Waals surface area contributed by atoms with E-state index in [1.165, 1.54) is 38.1 Å². The third kappa shape index (κ3) is 4.24.